The number of rotatable bonds is 4. The third-order valence-corrected chi connectivity index (χ3v) is 4.49. The van der Waals surface area contributed by atoms with E-state index in [0.717, 1.165) is 30.4 Å². The molecule has 4 nitrogen and oxygen atoms in total. The number of aromatic nitrogens is 2. The molecule has 138 valence electrons. The predicted octanol–water partition coefficient (Wildman–Crippen LogP) is 4.99. The maximum absolute atomic E-state index is 13.1. The van der Waals surface area contributed by atoms with Crippen molar-refractivity contribution in [1.82, 2.24) is 9.78 Å². The molecule has 0 atom stereocenters. The highest BCUT2D eigenvalue weighted by molar-refractivity contribution is 6.05. The van der Waals surface area contributed by atoms with Gasteiger partial charge in [-0.2, -0.15) is 5.10 Å². The average Bonchev–Trinajstić information content (AvgIpc) is 2.97. The van der Waals surface area contributed by atoms with Crippen molar-refractivity contribution in [2.24, 2.45) is 13.0 Å². The fraction of sp³-hybridized carbons (Fsp3) is 0.400. The number of allylic oxidation sites excluding steroid dienone is 2. The lowest BCUT2D eigenvalue weighted by molar-refractivity contribution is 0.101. The lowest BCUT2D eigenvalue weighted by Gasteiger charge is -2.23. The third-order valence-electron chi connectivity index (χ3n) is 4.49. The molecule has 0 bridgehead atoms. The Morgan fingerprint density at radius 2 is 2.08 bits per heavy atom. The maximum atomic E-state index is 13.1. The Bertz CT molecular complexity index is 853. The summed E-state index contributed by atoms with van der Waals surface area (Å²) in [5, 5.41) is 6.52. The molecular formula is C20H23F2N3O. The highest BCUT2D eigenvalue weighted by atomic mass is 19.3. The molecule has 1 aromatic heterocycles. The van der Waals surface area contributed by atoms with Crippen LogP contribution in [0.15, 0.2) is 30.5 Å². The van der Waals surface area contributed by atoms with Gasteiger partial charge in [-0.05, 0) is 47.9 Å². The molecule has 1 aromatic carbocycles. The minimum Gasteiger partial charge on any atom is -0.322 e. The van der Waals surface area contributed by atoms with E-state index in [1.807, 2.05) is 12.1 Å². The number of nitrogens with zero attached hydrogens (tertiary/aromatic N) is 2. The molecule has 26 heavy (non-hydrogen) atoms. The summed E-state index contributed by atoms with van der Waals surface area (Å²) in [6.07, 6.45) is 3.67. The number of hydrogen-bond acceptors (Lipinski definition) is 2. The van der Waals surface area contributed by atoms with E-state index >= 15 is 0 Å². The molecule has 3 rings (SSSR count). The number of hydrogen-bond donors (Lipinski definition) is 1. The SMILES string of the molecule is CC(C)/C=C1\CCCc2c(NC(=O)c3cn(C)nc3C(F)F)cccc21. The maximum Gasteiger partial charge on any atom is 0.282 e. The van der Waals surface area contributed by atoms with E-state index in [0.29, 0.717) is 11.6 Å². The summed E-state index contributed by atoms with van der Waals surface area (Å²) in [5.74, 6) is -0.111. The molecule has 1 aliphatic rings. The molecule has 0 saturated carbocycles. The molecule has 0 fully saturated rings. The van der Waals surface area contributed by atoms with Gasteiger partial charge in [0, 0.05) is 18.9 Å². The average molecular weight is 359 g/mol. The van der Waals surface area contributed by atoms with Crippen molar-refractivity contribution in [1.29, 1.82) is 0 Å². The van der Waals surface area contributed by atoms with Gasteiger partial charge >= 0.3 is 0 Å². The second-order valence-electron chi connectivity index (χ2n) is 6.98. The van der Waals surface area contributed by atoms with Crippen LogP contribution in [0.2, 0.25) is 0 Å². The van der Waals surface area contributed by atoms with E-state index in [1.165, 1.54) is 23.5 Å². The first-order chi connectivity index (χ1) is 12.4. The number of alkyl halides is 2. The van der Waals surface area contributed by atoms with E-state index in [4.69, 9.17) is 0 Å². The van der Waals surface area contributed by atoms with E-state index in [2.05, 4.69) is 36.4 Å². The number of benzene rings is 1. The molecule has 1 N–H and O–H groups in total. The minimum absolute atomic E-state index is 0.0890. The van der Waals surface area contributed by atoms with Crippen LogP contribution < -0.4 is 5.32 Å². The topological polar surface area (TPSA) is 46.9 Å². The number of anilines is 1. The van der Waals surface area contributed by atoms with Crippen molar-refractivity contribution in [3.05, 3.63) is 52.9 Å². The zero-order chi connectivity index (χ0) is 18.8. The van der Waals surface area contributed by atoms with Crippen molar-refractivity contribution in [2.45, 2.75) is 39.5 Å². The van der Waals surface area contributed by atoms with Crippen LogP contribution in [-0.2, 0) is 13.5 Å². The van der Waals surface area contributed by atoms with Gasteiger partial charge < -0.3 is 5.32 Å². The predicted molar refractivity (Wildman–Crippen MR) is 98.3 cm³/mol. The number of fused-ring (bicyclic) bond motifs is 1. The van der Waals surface area contributed by atoms with Crippen molar-refractivity contribution < 1.29 is 13.6 Å². The largest absolute Gasteiger partial charge is 0.322 e. The van der Waals surface area contributed by atoms with Gasteiger partial charge in [0.15, 0.2) is 0 Å². The molecule has 2 aromatic rings. The van der Waals surface area contributed by atoms with Crippen LogP contribution in [0, 0.1) is 5.92 Å². The Balaban J connectivity index is 1.94. The summed E-state index contributed by atoms with van der Waals surface area (Å²) in [6, 6.07) is 5.78. The van der Waals surface area contributed by atoms with E-state index in [-0.39, 0.29) is 5.56 Å². The smallest absolute Gasteiger partial charge is 0.282 e. The Morgan fingerprint density at radius 1 is 1.31 bits per heavy atom. The highest BCUT2D eigenvalue weighted by Crippen LogP contribution is 2.36. The van der Waals surface area contributed by atoms with Crippen LogP contribution in [0.3, 0.4) is 0 Å². The lowest BCUT2D eigenvalue weighted by atomic mass is 9.85. The van der Waals surface area contributed by atoms with Gasteiger partial charge in [0.25, 0.3) is 12.3 Å². The van der Waals surface area contributed by atoms with Crippen LogP contribution in [-0.4, -0.2) is 15.7 Å². The summed E-state index contributed by atoms with van der Waals surface area (Å²) < 4.78 is 27.5. The fourth-order valence-electron chi connectivity index (χ4n) is 3.47. The molecule has 1 heterocycles. The fourth-order valence-corrected chi connectivity index (χ4v) is 3.47. The number of halogens is 2. The summed E-state index contributed by atoms with van der Waals surface area (Å²) >= 11 is 0. The van der Waals surface area contributed by atoms with Crippen LogP contribution in [0.5, 0.6) is 0 Å². The first-order valence-electron chi connectivity index (χ1n) is 8.82. The number of aryl methyl sites for hydroxylation is 1. The number of nitrogens with one attached hydrogen (secondary N) is 1. The summed E-state index contributed by atoms with van der Waals surface area (Å²) in [4.78, 5) is 12.6. The van der Waals surface area contributed by atoms with E-state index in [9.17, 15) is 13.6 Å². The van der Waals surface area contributed by atoms with Gasteiger partial charge in [0.05, 0.1) is 5.56 Å². The number of amides is 1. The normalized spacial score (nSPS) is 15.6. The van der Waals surface area contributed by atoms with Crippen LogP contribution in [0.25, 0.3) is 5.57 Å². The van der Waals surface area contributed by atoms with Crippen LogP contribution >= 0.6 is 0 Å². The summed E-state index contributed by atoms with van der Waals surface area (Å²) in [5.41, 5.74) is 3.60. The Kier molecular flexibility index (Phi) is 5.20. The van der Waals surface area contributed by atoms with Crippen molar-refractivity contribution in [2.75, 3.05) is 5.32 Å². The lowest BCUT2D eigenvalue weighted by Crippen LogP contribution is -2.16. The van der Waals surface area contributed by atoms with Gasteiger partial charge in [-0.1, -0.05) is 32.1 Å². The molecule has 0 aliphatic heterocycles. The van der Waals surface area contributed by atoms with Crippen molar-refractivity contribution in [3.8, 4) is 0 Å². The molecule has 6 heteroatoms. The molecule has 1 amide bonds. The highest BCUT2D eigenvalue weighted by Gasteiger charge is 2.24. The molecule has 0 radical (unpaired) electrons. The Morgan fingerprint density at radius 3 is 2.77 bits per heavy atom. The first kappa shape index (κ1) is 18.3. The van der Waals surface area contributed by atoms with Crippen molar-refractivity contribution in [3.63, 3.8) is 0 Å². The van der Waals surface area contributed by atoms with Gasteiger partial charge in [0.2, 0.25) is 0 Å². The van der Waals surface area contributed by atoms with Gasteiger partial charge in [0.1, 0.15) is 5.69 Å². The zero-order valence-corrected chi connectivity index (χ0v) is 15.2. The van der Waals surface area contributed by atoms with Gasteiger partial charge in [-0.25, -0.2) is 8.78 Å². The van der Waals surface area contributed by atoms with Gasteiger partial charge in [-0.3, -0.25) is 9.48 Å². The first-order valence-corrected chi connectivity index (χ1v) is 8.82. The second kappa shape index (κ2) is 7.40. The monoisotopic (exact) mass is 359 g/mol. The Labute approximate surface area is 151 Å². The van der Waals surface area contributed by atoms with Crippen LogP contribution in [0.1, 0.15) is 60.3 Å². The van der Waals surface area contributed by atoms with E-state index < -0.39 is 18.0 Å². The summed E-state index contributed by atoms with van der Waals surface area (Å²) in [6.45, 7) is 4.28. The Hall–Kier alpha value is -2.50. The van der Waals surface area contributed by atoms with E-state index in [1.54, 1.807) is 0 Å². The van der Waals surface area contributed by atoms with Crippen LogP contribution in [0.4, 0.5) is 14.5 Å². The zero-order valence-electron chi connectivity index (χ0n) is 15.2. The molecule has 0 saturated heterocycles. The second-order valence-corrected chi connectivity index (χ2v) is 6.98. The molecule has 0 spiro atoms. The molecule has 1 aliphatic carbocycles. The quantitative estimate of drug-likeness (QED) is 0.836. The van der Waals surface area contributed by atoms with Gasteiger partial charge in [-0.15, -0.1) is 0 Å². The molecular weight excluding hydrogens is 336 g/mol. The third kappa shape index (κ3) is 3.69. The standard InChI is InChI=1S/C20H23F2N3O/c1-12(2)10-13-6-4-8-15-14(13)7-5-9-17(15)23-20(26)16-11-25(3)24-18(16)19(21)22/h5,7,9-12,19H,4,6,8H2,1-3H3,(H,23,26)/b13-10+. The van der Waals surface area contributed by atoms with Crippen molar-refractivity contribution >= 4 is 17.2 Å². The number of carbonyl (C=O) groups is 1. The number of carbonyl (C=O) groups excluding carboxylic acids is 1. The summed E-state index contributed by atoms with van der Waals surface area (Å²) in [7, 11) is 1.52. The minimum atomic E-state index is -2.79. The molecule has 0 unspecified atom stereocenters.